The van der Waals surface area contributed by atoms with Gasteiger partial charge in [-0.15, -0.1) is 11.3 Å². The van der Waals surface area contributed by atoms with E-state index >= 15 is 0 Å². The Labute approximate surface area is 192 Å². The maximum absolute atomic E-state index is 13.4. The Kier molecular flexibility index (Phi) is 6.23. The molecule has 3 heterocycles. The van der Waals surface area contributed by atoms with E-state index in [1.807, 2.05) is 40.1 Å². The second kappa shape index (κ2) is 9.43. The number of morpholine rings is 1. The molecule has 2 amide bonds. The SMILES string of the molecule is O=C(CCc1ccccc1)N1CCC(c2c(C(=O)N3CCOCC3)sc3ccccc23)C1. The number of rotatable bonds is 5. The van der Waals surface area contributed by atoms with Crippen LogP contribution in [0.25, 0.3) is 10.1 Å². The predicted molar refractivity (Wildman–Crippen MR) is 127 cm³/mol. The first-order valence-electron chi connectivity index (χ1n) is 11.4. The highest BCUT2D eigenvalue weighted by atomic mass is 32.1. The summed E-state index contributed by atoms with van der Waals surface area (Å²) in [5, 5.41) is 1.16. The lowest BCUT2D eigenvalue weighted by Crippen LogP contribution is -2.40. The lowest BCUT2D eigenvalue weighted by atomic mass is 9.94. The molecule has 2 aliphatic heterocycles. The van der Waals surface area contributed by atoms with Gasteiger partial charge < -0.3 is 14.5 Å². The zero-order valence-corrected chi connectivity index (χ0v) is 19.0. The Morgan fingerprint density at radius 1 is 0.938 bits per heavy atom. The Morgan fingerprint density at radius 2 is 1.69 bits per heavy atom. The number of ether oxygens (including phenoxy) is 1. The molecular weight excluding hydrogens is 420 g/mol. The summed E-state index contributed by atoms with van der Waals surface area (Å²) in [4.78, 5) is 31.1. The number of thiophene rings is 1. The van der Waals surface area contributed by atoms with Crippen molar-refractivity contribution in [2.24, 2.45) is 0 Å². The van der Waals surface area contributed by atoms with Gasteiger partial charge in [-0.05, 0) is 35.4 Å². The number of amides is 2. The zero-order valence-electron chi connectivity index (χ0n) is 18.2. The summed E-state index contributed by atoms with van der Waals surface area (Å²) in [6, 6.07) is 18.5. The highest BCUT2D eigenvalue weighted by molar-refractivity contribution is 7.21. The molecule has 2 aliphatic rings. The Hall–Kier alpha value is -2.70. The molecule has 0 bridgehead atoms. The van der Waals surface area contributed by atoms with Gasteiger partial charge in [-0.3, -0.25) is 9.59 Å². The number of carbonyl (C=O) groups excluding carboxylic acids is 2. The van der Waals surface area contributed by atoms with Gasteiger partial charge in [0, 0.05) is 43.2 Å². The largest absolute Gasteiger partial charge is 0.378 e. The molecule has 0 saturated carbocycles. The van der Waals surface area contributed by atoms with Gasteiger partial charge in [0.25, 0.3) is 5.91 Å². The fraction of sp³-hybridized carbons (Fsp3) is 0.385. The average molecular weight is 449 g/mol. The molecule has 2 fully saturated rings. The van der Waals surface area contributed by atoms with Crippen LogP contribution in [0.4, 0.5) is 0 Å². The maximum Gasteiger partial charge on any atom is 0.264 e. The summed E-state index contributed by atoms with van der Waals surface area (Å²) in [5.41, 5.74) is 2.33. The molecule has 5 nitrogen and oxygen atoms in total. The van der Waals surface area contributed by atoms with Crippen molar-refractivity contribution in [1.82, 2.24) is 9.80 Å². The van der Waals surface area contributed by atoms with Crippen LogP contribution in [-0.2, 0) is 16.0 Å². The van der Waals surface area contributed by atoms with E-state index in [0.29, 0.717) is 39.3 Å². The van der Waals surface area contributed by atoms with E-state index in [9.17, 15) is 9.59 Å². The third-order valence-electron chi connectivity index (χ3n) is 6.55. The topological polar surface area (TPSA) is 49.9 Å². The molecule has 1 unspecified atom stereocenters. The molecule has 0 spiro atoms. The number of hydrogen-bond donors (Lipinski definition) is 0. The zero-order chi connectivity index (χ0) is 21.9. The normalized spacial score (nSPS) is 18.9. The highest BCUT2D eigenvalue weighted by Crippen LogP contribution is 2.41. The van der Waals surface area contributed by atoms with Crippen LogP contribution in [0.3, 0.4) is 0 Å². The third-order valence-corrected chi connectivity index (χ3v) is 7.72. The van der Waals surface area contributed by atoms with Gasteiger partial charge in [-0.25, -0.2) is 0 Å². The molecule has 166 valence electrons. The second-order valence-corrected chi connectivity index (χ2v) is 9.61. The van der Waals surface area contributed by atoms with Crippen LogP contribution in [0.5, 0.6) is 0 Å². The van der Waals surface area contributed by atoms with E-state index in [4.69, 9.17) is 4.74 Å². The van der Waals surface area contributed by atoms with Crippen LogP contribution in [0.2, 0.25) is 0 Å². The van der Waals surface area contributed by atoms with Gasteiger partial charge in [0.05, 0.1) is 18.1 Å². The smallest absolute Gasteiger partial charge is 0.264 e. The number of carbonyl (C=O) groups is 2. The van der Waals surface area contributed by atoms with Crippen molar-refractivity contribution < 1.29 is 14.3 Å². The Morgan fingerprint density at radius 3 is 2.50 bits per heavy atom. The lowest BCUT2D eigenvalue weighted by molar-refractivity contribution is -0.130. The average Bonchev–Trinajstić information content (AvgIpc) is 3.48. The Balaban J connectivity index is 1.35. The number of fused-ring (bicyclic) bond motifs is 1. The van der Waals surface area contributed by atoms with E-state index in [-0.39, 0.29) is 17.7 Å². The van der Waals surface area contributed by atoms with Crippen molar-refractivity contribution in [1.29, 1.82) is 0 Å². The molecule has 2 saturated heterocycles. The van der Waals surface area contributed by atoms with Crippen LogP contribution in [0.1, 0.15) is 39.6 Å². The minimum atomic E-state index is 0.110. The lowest BCUT2D eigenvalue weighted by Gasteiger charge is -2.27. The van der Waals surface area contributed by atoms with Gasteiger partial charge in [0.2, 0.25) is 5.91 Å². The molecule has 0 aliphatic carbocycles. The first-order chi connectivity index (χ1) is 15.7. The van der Waals surface area contributed by atoms with Crippen LogP contribution in [-0.4, -0.2) is 61.0 Å². The quantitative estimate of drug-likeness (QED) is 0.584. The van der Waals surface area contributed by atoms with Crippen LogP contribution >= 0.6 is 11.3 Å². The third kappa shape index (κ3) is 4.30. The van der Waals surface area contributed by atoms with Crippen molar-refractivity contribution >= 4 is 33.2 Å². The summed E-state index contributed by atoms with van der Waals surface area (Å²) in [5.74, 6) is 0.516. The van der Waals surface area contributed by atoms with E-state index < -0.39 is 0 Å². The van der Waals surface area contributed by atoms with Crippen molar-refractivity contribution in [2.75, 3.05) is 39.4 Å². The van der Waals surface area contributed by atoms with E-state index in [2.05, 4.69) is 24.3 Å². The van der Waals surface area contributed by atoms with Crippen molar-refractivity contribution in [2.45, 2.75) is 25.2 Å². The maximum atomic E-state index is 13.4. The molecule has 3 aromatic rings. The molecule has 32 heavy (non-hydrogen) atoms. The molecule has 1 aromatic heterocycles. The number of nitrogens with zero attached hydrogens (tertiary/aromatic N) is 2. The van der Waals surface area contributed by atoms with E-state index in [0.717, 1.165) is 39.9 Å². The van der Waals surface area contributed by atoms with Crippen LogP contribution in [0, 0.1) is 0 Å². The second-order valence-electron chi connectivity index (χ2n) is 8.56. The molecular formula is C26H28N2O3S. The standard InChI is InChI=1S/C26H28N2O3S/c29-23(11-10-19-6-2-1-3-7-19)28-13-12-20(18-28)24-21-8-4-5-9-22(21)32-25(24)26(30)27-14-16-31-17-15-27/h1-9,20H,10-18H2. The summed E-state index contributed by atoms with van der Waals surface area (Å²) < 4.78 is 6.58. The number of hydrogen-bond acceptors (Lipinski definition) is 4. The molecule has 6 heteroatoms. The monoisotopic (exact) mass is 448 g/mol. The molecule has 0 N–H and O–H groups in total. The fourth-order valence-corrected chi connectivity index (χ4v) is 6.07. The van der Waals surface area contributed by atoms with Crippen molar-refractivity contribution in [3.63, 3.8) is 0 Å². The van der Waals surface area contributed by atoms with E-state index in [1.165, 1.54) is 5.56 Å². The fourth-order valence-electron chi connectivity index (χ4n) is 4.82. The summed E-state index contributed by atoms with van der Waals surface area (Å²) in [7, 11) is 0. The molecule has 1 atom stereocenters. The van der Waals surface area contributed by atoms with Crippen molar-refractivity contribution in [3.8, 4) is 0 Å². The summed E-state index contributed by atoms with van der Waals surface area (Å²) in [6.07, 6.45) is 2.20. The minimum Gasteiger partial charge on any atom is -0.378 e. The van der Waals surface area contributed by atoms with Crippen LogP contribution < -0.4 is 0 Å². The first kappa shape index (κ1) is 21.2. The minimum absolute atomic E-state index is 0.110. The van der Waals surface area contributed by atoms with Gasteiger partial charge in [0.15, 0.2) is 0 Å². The number of aryl methyl sites for hydroxylation is 1. The van der Waals surface area contributed by atoms with Gasteiger partial charge >= 0.3 is 0 Å². The first-order valence-corrected chi connectivity index (χ1v) is 12.2. The molecule has 5 rings (SSSR count). The van der Waals surface area contributed by atoms with Gasteiger partial charge in [-0.2, -0.15) is 0 Å². The Bertz CT molecular complexity index is 1100. The van der Waals surface area contributed by atoms with Crippen LogP contribution in [0.15, 0.2) is 54.6 Å². The molecule has 0 radical (unpaired) electrons. The van der Waals surface area contributed by atoms with Gasteiger partial charge in [-0.1, -0.05) is 48.5 Å². The molecule has 2 aromatic carbocycles. The summed E-state index contributed by atoms with van der Waals surface area (Å²) in [6.45, 7) is 3.92. The van der Waals surface area contributed by atoms with Crippen molar-refractivity contribution in [3.05, 3.63) is 70.6 Å². The van der Waals surface area contributed by atoms with E-state index in [1.54, 1.807) is 11.3 Å². The number of benzene rings is 2. The predicted octanol–water partition coefficient (Wildman–Crippen LogP) is 4.32. The summed E-state index contributed by atoms with van der Waals surface area (Å²) >= 11 is 1.59. The van der Waals surface area contributed by atoms with Gasteiger partial charge in [0.1, 0.15) is 0 Å². The highest BCUT2D eigenvalue weighted by Gasteiger charge is 2.33. The number of likely N-dealkylation sites (tertiary alicyclic amines) is 1.